The Hall–Kier alpha value is -2.62. The van der Waals surface area contributed by atoms with Crippen LogP contribution in [0.2, 0.25) is 0 Å². The molecule has 2 aromatic rings. The Balaban J connectivity index is 1.36. The number of benzene rings is 2. The van der Waals surface area contributed by atoms with Gasteiger partial charge in [0.05, 0.1) is 0 Å². The van der Waals surface area contributed by atoms with Gasteiger partial charge in [-0.25, -0.2) is 0 Å². The van der Waals surface area contributed by atoms with Crippen molar-refractivity contribution in [3.63, 3.8) is 0 Å². The van der Waals surface area contributed by atoms with Crippen LogP contribution in [0.25, 0.3) is 11.1 Å². The molecule has 2 amide bonds. The van der Waals surface area contributed by atoms with Crippen molar-refractivity contribution >= 4 is 11.8 Å². The first-order chi connectivity index (χ1) is 20.7. The van der Waals surface area contributed by atoms with Crippen molar-refractivity contribution in [2.75, 3.05) is 0 Å². The van der Waals surface area contributed by atoms with Gasteiger partial charge in [0.2, 0.25) is 0 Å². The summed E-state index contributed by atoms with van der Waals surface area (Å²) in [7, 11) is 0. The molecule has 226 valence electrons. The van der Waals surface area contributed by atoms with Crippen LogP contribution in [0.3, 0.4) is 0 Å². The second kappa shape index (κ2) is 14.2. The van der Waals surface area contributed by atoms with Gasteiger partial charge in [-0.05, 0) is 74.6 Å². The van der Waals surface area contributed by atoms with Crippen LogP contribution >= 0.6 is 0 Å². The molecule has 2 aromatic carbocycles. The summed E-state index contributed by atoms with van der Waals surface area (Å²) in [6.07, 6.45) is 23.9. The molecular formula is C38H52N2O2. The van der Waals surface area contributed by atoms with Crippen molar-refractivity contribution in [3.8, 4) is 11.1 Å². The van der Waals surface area contributed by atoms with Gasteiger partial charge in [-0.2, -0.15) is 0 Å². The SMILES string of the molecule is O=C(c1ccccc1-c1ccccc1C(=O)N(C1CCCCC1)C1CCCCC1)N(C1CCCCC1)C1CCCCC1. The molecule has 4 aliphatic carbocycles. The zero-order chi connectivity index (χ0) is 28.7. The van der Waals surface area contributed by atoms with E-state index in [2.05, 4.69) is 21.9 Å². The smallest absolute Gasteiger partial charge is 0.254 e. The van der Waals surface area contributed by atoms with E-state index in [-0.39, 0.29) is 11.8 Å². The fourth-order valence-corrected chi connectivity index (χ4v) is 8.78. The first kappa shape index (κ1) is 29.5. The van der Waals surface area contributed by atoms with Gasteiger partial charge in [0.25, 0.3) is 11.8 Å². The predicted octanol–water partition coefficient (Wildman–Crippen LogP) is 9.57. The van der Waals surface area contributed by atoms with E-state index in [4.69, 9.17) is 0 Å². The molecule has 4 nitrogen and oxygen atoms in total. The van der Waals surface area contributed by atoms with Gasteiger partial charge in [0.15, 0.2) is 0 Å². The molecule has 0 aromatic heterocycles. The average molecular weight is 569 g/mol. The highest BCUT2D eigenvalue weighted by Crippen LogP contribution is 2.37. The number of rotatable bonds is 7. The van der Waals surface area contributed by atoms with E-state index >= 15 is 0 Å². The molecule has 0 saturated heterocycles. The molecule has 4 aliphatic rings. The van der Waals surface area contributed by atoms with E-state index < -0.39 is 0 Å². The molecule has 4 heteroatoms. The van der Waals surface area contributed by atoms with Gasteiger partial charge in [-0.15, -0.1) is 0 Å². The zero-order valence-corrected chi connectivity index (χ0v) is 25.8. The number of carbonyl (C=O) groups excluding carboxylic acids is 2. The van der Waals surface area contributed by atoms with E-state index in [0.29, 0.717) is 24.2 Å². The summed E-state index contributed by atoms with van der Waals surface area (Å²) in [6.45, 7) is 0. The standard InChI is InChI=1S/C38H52N2O2/c41-37(39(29-17-5-1-6-18-29)30-19-7-2-8-20-30)35-27-15-13-25-33(35)34-26-14-16-28-36(34)38(42)40(31-21-9-3-10-22-31)32-23-11-4-12-24-32/h13-16,25-32H,1-12,17-24H2. The molecular weight excluding hydrogens is 516 g/mol. The maximum absolute atomic E-state index is 14.7. The fourth-order valence-electron chi connectivity index (χ4n) is 8.78. The van der Waals surface area contributed by atoms with Crippen LogP contribution in [0.4, 0.5) is 0 Å². The van der Waals surface area contributed by atoms with Crippen LogP contribution in [-0.2, 0) is 0 Å². The first-order valence-electron chi connectivity index (χ1n) is 17.6. The Morgan fingerprint density at radius 1 is 0.405 bits per heavy atom. The van der Waals surface area contributed by atoms with Gasteiger partial charge in [-0.1, -0.05) is 113 Å². The quantitative estimate of drug-likeness (QED) is 0.334. The normalized spacial score (nSPS) is 21.6. The Bertz CT molecular complexity index is 1050. The predicted molar refractivity (Wildman–Crippen MR) is 172 cm³/mol. The lowest BCUT2D eigenvalue weighted by Crippen LogP contribution is -2.49. The van der Waals surface area contributed by atoms with E-state index in [1.54, 1.807) is 0 Å². The lowest BCUT2D eigenvalue weighted by atomic mass is 9.86. The summed E-state index contributed by atoms with van der Waals surface area (Å²) < 4.78 is 0. The second-order valence-electron chi connectivity index (χ2n) is 13.7. The molecule has 0 heterocycles. The summed E-state index contributed by atoms with van der Waals surface area (Å²) in [5, 5.41) is 0. The monoisotopic (exact) mass is 568 g/mol. The highest BCUT2D eigenvalue weighted by Gasteiger charge is 2.36. The molecule has 0 N–H and O–H groups in total. The zero-order valence-electron chi connectivity index (χ0n) is 25.8. The molecule has 0 aliphatic heterocycles. The highest BCUT2D eigenvalue weighted by molar-refractivity contribution is 6.06. The molecule has 4 saturated carbocycles. The van der Waals surface area contributed by atoms with Crippen LogP contribution < -0.4 is 0 Å². The van der Waals surface area contributed by atoms with Gasteiger partial charge in [-0.3, -0.25) is 9.59 Å². The summed E-state index contributed by atoms with van der Waals surface area (Å²) in [4.78, 5) is 34.0. The Kier molecular flexibility index (Phi) is 9.98. The van der Waals surface area contributed by atoms with Gasteiger partial charge < -0.3 is 9.80 Å². The summed E-state index contributed by atoms with van der Waals surface area (Å²) in [6, 6.07) is 17.7. The highest BCUT2D eigenvalue weighted by atomic mass is 16.2. The number of hydrogen-bond donors (Lipinski definition) is 0. The molecule has 0 unspecified atom stereocenters. The maximum Gasteiger partial charge on any atom is 0.254 e. The third kappa shape index (κ3) is 6.48. The summed E-state index contributed by atoms with van der Waals surface area (Å²) in [5.41, 5.74) is 3.40. The minimum Gasteiger partial charge on any atom is -0.333 e. The molecule has 42 heavy (non-hydrogen) atoms. The second-order valence-corrected chi connectivity index (χ2v) is 13.7. The first-order valence-corrected chi connectivity index (χ1v) is 17.6. The van der Waals surface area contributed by atoms with E-state index in [0.717, 1.165) is 73.6 Å². The third-order valence-electron chi connectivity index (χ3n) is 10.9. The van der Waals surface area contributed by atoms with Crippen LogP contribution in [0.15, 0.2) is 48.5 Å². The summed E-state index contributed by atoms with van der Waals surface area (Å²) >= 11 is 0. The Labute approximate surface area is 254 Å². The maximum atomic E-state index is 14.7. The number of carbonyl (C=O) groups is 2. The van der Waals surface area contributed by atoms with Crippen molar-refractivity contribution in [1.82, 2.24) is 9.80 Å². The van der Waals surface area contributed by atoms with Crippen molar-refractivity contribution in [2.24, 2.45) is 0 Å². The summed E-state index contributed by atoms with van der Waals surface area (Å²) in [5.74, 6) is 0.367. The fraction of sp³-hybridized carbons (Fsp3) is 0.632. The number of nitrogens with zero attached hydrogens (tertiary/aromatic N) is 2. The molecule has 0 atom stereocenters. The topological polar surface area (TPSA) is 40.6 Å². The van der Waals surface area contributed by atoms with Crippen molar-refractivity contribution in [1.29, 1.82) is 0 Å². The molecule has 0 spiro atoms. The van der Waals surface area contributed by atoms with Gasteiger partial charge >= 0.3 is 0 Å². The number of hydrogen-bond acceptors (Lipinski definition) is 2. The Morgan fingerprint density at radius 2 is 0.667 bits per heavy atom. The van der Waals surface area contributed by atoms with E-state index in [1.165, 1.54) is 77.0 Å². The van der Waals surface area contributed by atoms with Crippen LogP contribution in [0.5, 0.6) is 0 Å². The van der Waals surface area contributed by atoms with Gasteiger partial charge in [0.1, 0.15) is 0 Å². The lowest BCUT2D eigenvalue weighted by molar-refractivity contribution is 0.0439. The largest absolute Gasteiger partial charge is 0.333 e. The molecule has 0 radical (unpaired) electrons. The van der Waals surface area contributed by atoms with Crippen LogP contribution in [0, 0.1) is 0 Å². The lowest BCUT2D eigenvalue weighted by Gasteiger charge is -2.42. The van der Waals surface area contributed by atoms with Crippen LogP contribution in [0.1, 0.15) is 149 Å². The van der Waals surface area contributed by atoms with Gasteiger partial charge in [0, 0.05) is 35.3 Å². The third-order valence-corrected chi connectivity index (χ3v) is 10.9. The van der Waals surface area contributed by atoms with E-state index in [1.807, 2.05) is 36.4 Å². The minimum absolute atomic E-state index is 0.183. The van der Waals surface area contributed by atoms with Crippen molar-refractivity contribution < 1.29 is 9.59 Å². The Morgan fingerprint density at radius 3 is 0.952 bits per heavy atom. The van der Waals surface area contributed by atoms with Crippen molar-refractivity contribution in [2.45, 2.75) is 153 Å². The average Bonchev–Trinajstić information content (AvgIpc) is 3.07. The number of amides is 2. The van der Waals surface area contributed by atoms with Crippen molar-refractivity contribution in [3.05, 3.63) is 59.7 Å². The minimum atomic E-state index is 0.183. The molecule has 4 fully saturated rings. The molecule has 0 bridgehead atoms. The van der Waals surface area contributed by atoms with E-state index in [9.17, 15) is 9.59 Å². The van der Waals surface area contributed by atoms with Crippen LogP contribution in [-0.4, -0.2) is 45.8 Å². The molecule has 6 rings (SSSR count).